The van der Waals surface area contributed by atoms with Crippen LogP contribution >= 0.6 is 11.3 Å². The van der Waals surface area contributed by atoms with E-state index in [1.165, 1.54) is 22.5 Å². The van der Waals surface area contributed by atoms with Crippen molar-refractivity contribution in [2.24, 2.45) is 0 Å². The lowest BCUT2D eigenvalue weighted by Gasteiger charge is -2.36. The highest BCUT2D eigenvalue weighted by molar-refractivity contribution is 7.12. The number of amides is 2. The van der Waals surface area contributed by atoms with E-state index in [9.17, 15) is 9.59 Å². The first-order valence-electron chi connectivity index (χ1n) is 11.8. The van der Waals surface area contributed by atoms with E-state index in [1.54, 1.807) is 6.07 Å². The molecule has 2 aliphatic rings. The second-order valence-corrected chi connectivity index (χ2v) is 9.78. The normalized spacial score (nSPS) is 16.5. The standard InChI is InChI=1S/C27H29N3O3S/c31-26(25-7-4-16-34-25)28-23(18-20-5-2-1-3-6-20)27(32)30-13-11-29(12-14-30)19-21-8-9-24-22(17-21)10-15-33-24/h1-9,16-17,23H,10-15,18-19H2,(H,28,31)/t23-/m0/s1. The minimum Gasteiger partial charge on any atom is -0.493 e. The van der Waals surface area contributed by atoms with Gasteiger partial charge in [0.25, 0.3) is 5.91 Å². The van der Waals surface area contributed by atoms with Crippen LogP contribution in [0.4, 0.5) is 0 Å². The molecule has 0 spiro atoms. The highest BCUT2D eigenvalue weighted by Gasteiger charge is 2.29. The van der Waals surface area contributed by atoms with Gasteiger partial charge in [0, 0.05) is 45.6 Å². The van der Waals surface area contributed by atoms with Gasteiger partial charge < -0.3 is 15.0 Å². The molecule has 1 atom stereocenters. The minimum atomic E-state index is -0.583. The predicted octanol–water partition coefficient (Wildman–Crippen LogP) is 3.37. The molecule has 0 saturated carbocycles. The van der Waals surface area contributed by atoms with Crippen molar-refractivity contribution in [2.75, 3.05) is 32.8 Å². The van der Waals surface area contributed by atoms with Crippen LogP contribution in [0.5, 0.6) is 5.75 Å². The van der Waals surface area contributed by atoms with Gasteiger partial charge in [0.15, 0.2) is 0 Å². The van der Waals surface area contributed by atoms with E-state index in [4.69, 9.17) is 4.74 Å². The Kier molecular flexibility index (Phi) is 6.92. The fraction of sp³-hybridized carbons (Fsp3) is 0.333. The molecule has 2 aromatic carbocycles. The van der Waals surface area contributed by atoms with Gasteiger partial charge in [0.1, 0.15) is 11.8 Å². The summed E-state index contributed by atoms with van der Waals surface area (Å²) in [6.45, 7) is 4.59. The average molecular weight is 476 g/mol. The maximum atomic E-state index is 13.5. The zero-order chi connectivity index (χ0) is 23.3. The second kappa shape index (κ2) is 10.4. The Hall–Kier alpha value is -3.16. The van der Waals surface area contributed by atoms with E-state index in [2.05, 4.69) is 28.4 Å². The van der Waals surface area contributed by atoms with Crippen molar-refractivity contribution in [3.63, 3.8) is 0 Å². The van der Waals surface area contributed by atoms with Gasteiger partial charge in [0.2, 0.25) is 5.91 Å². The summed E-state index contributed by atoms with van der Waals surface area (Å²) in [5.41, 5.74) is 3.61. The van der Waals surface area contributed by atoms with Gasteiger partial charge in [-0.3, -0.25) is 14.5 Å². The number of ether oxygens (including phenoxy) is 1. The van der Waals surface area contributed by atoms with Crippen molar-refractivity contribution >= 4 is 23.2 Å². The second-order valence-electron chi connectivity index (χ2n) is 8.84. The van der Waals surface area contributed by atoms with Crippen LogP contribution < -0.4 is 10.1 Å². The summed E-state index contributed by atoms with van der Waals surface area (Å²) in [6, 6.07) is 19.4. The largest absolute Gasteiger partial charge is 0.493 e. The molecule has 0 radical (unpaired) electrons. The van der Waals surface area contributed by atoms with E-state index in [0.29, 0.717) is 24.4 Å². The third-order valence-electron chi connectivity index (χ3n) is 6.48. The van der Waals surface area contributed by atoms with Crippen LogP contribution in [0.15, 0.2) is 66.0 Å². The molecule has 1 fully saturated rings. The molecule has 1 aromatic heterocycles. The number of thiophene rings is 1. The molecule has 0 aliphatic carbocycles. The van der Waals surface area contributed by atoms with Gasteiger partial charge in [0.05, 0.1) is 11.5 Å². The summed E-state index contributed by atoms with van der Waals surface area (Å²) in [4.78, 5) is 31.1. The number of nitrogens with zero attached hydrogens (tertiary/aromatic N) is 2. The van der Waals surface area contributed by atoms with E-state index in [-0.39, 0.29) is 11.8 Å². The molecule has 3 aromatic rings. The number of carbonyl (C=O) groups excluding carboxylic acids is 2. The van der Waals surface area contributed by atoms with Gasteiger partial charge in [-0.05, 0) is 34.2 Å². The summed E-state index contributed by atoms with van der Waals surface area (Å²) in [5, 5.41) is 4.87. The highest BCUT2D eigenvalue weighted by atomic mass is 32.1. The average Bonchev–Trinajstić information content (AvgIpc) is 3.56. The lowest BCUT2D eigenvalue weighted by Crippen LogP contribution is -2.55. The summed E-state index contributed by atoms with van der Waals surface area (Å²) >= 11 is 1.38. The minimum absolute atomic E-state index is 0.0110. The maximum Gasteiger partial charge on any atom is 0.262 e. The smallest absolute Gasteiger partial charge is 0.262 e. The van der Waals surface area contributed by atoms with Gasteiger partial charge in [-0.15, -0.1) is 11.3 Å². The number of piperazine rings is 1. The highest BCUT2D eigenvalue weighted by Crippen LogP contribution is 2.26. The molecule has 176 valence electrons. The van der Waals surface area contributed by atoms with Crippen molar-refractivity contribution in [3.05, 3.63) is 87.6 Å². The van der Waals surface area contributed by atoms with Gasteiger partial charge >= 0.3 is 0 Å². The topological polar surface area (TPSA) is 61.9 Å². The molecule has 1 saturated heterocycles. The van der Waals surface area contributed by atoms with Gasteiger partial charge in [-0.2, -0.15) is 0 Å². The molecule has 2 amide bonds. The summed E-state index contributed by atoms with van der Waals surface area (Å²) in [5.74, 6) is 0.805. The molecule has 6 nitrogen and oxygen atoms in total. The Morgan fingerprint density at radius 2 is 1.79 bits per heavy atom. The van der Waals surface area contributed by atoms with Crippen LogP contribution in [0.3, 0.4) is 0 Å². The summed E-state index contributed by atoms with van der Waals surface area (Å²) in [7, 11) is 0. The lowest BCUT2D eigenvalue weighted by atomic mass is 10.0. The molecule has 0 unspecified atom stereocenters. The van der Waals surface area contributed by atoms with Crippen LogP contribution in [-0.2, 0) is 24.2 Å². The van der Waals surface area contributed by atoms with Crippen LogP contribution in [0.2, 0.25) is 0 Å². The van der Waals surface area contributed by atoms with Crippen LogP contribution in [-0.4, -0.2) is 60.4 Å². The van der Waals surface area contributed by atoms with E-state index in [0.717, 1.165) is 44.0 Å². The summed E-state index contributed by atoms with van der Waals surface area (Å²) in [6.07, 6.45) is 1.46. The number of carbonyl (C=O) groups is 2. The molecular formula is C27H29N3O3S. The van der Waals surface area contributed by atoms with Crippen LogP contribution in [0, 0.1) is 0 Å². The zero-order valence-corrected chi connectivity index (χ0v) is 19.9. The molecule has 34 heavy (non-hydrogen) atoms. The number of nitrogens with one attached hydrogen (secondary N) is 1. The number of fused-ring (bicyclic) bond motifs is 1. The Morgan fingerprint density at radius 1 is 0.971 bits per heavy atom. The number of rotatable bonds is 7. The molecule has 3 heterocycles. The van der Waals surface area contributed by atoms with Gasteiger partial charge in [-0.25, -0.2) is 0 Å². The van der Waals surface area contributed by atoms with Gasteiger partial charge in [-0.1, -0.05) is 48.5 Å². The third-order valence-corrected chi connectivity index (χ3v) is 7.34. The first-order chi connectivity index (χ1) is 16.7. The first-order valence-corrected chi connectivity index (χ1v) is 12.7. The Morgan fingerprint density at radius 3 is 2.56 bits per heavy atom. The first kappa shape index (κ1) is 22.6. The molecule has 7 heteroatoms. The van der Waals surface area contributed by atoms with Crippen molar-refractivity contribution in [2.45, 2.75) is 25.4 Å². The van der Waals surface area contributed by atoms with Crippen LogP contribution in [0.25, 0.3) is 0 Å². The van der Waals surface area contributed by atoms with Crippen molar-refractivity contribution < 1.29 is 14.3 Å². The number of benzene rings is 2. The predicted molar refractivity (Wildman–Crippen MR) is 133 cm³/mol. The molecular weight excluding hydrogens is 446 g/mol. The van der Waals surface area contributed by atoms with Crippen molar-refractivity contribution in [1.29, 1.82) is 0 Å². The fourth-order valence-corrected chi connectivity index (χ4v) is 5.26. The fourth-order valence-electron chi connectivity index (χ4n) is 4.63. The van der Waals surface area contributed by atoms with Crippen molar-refractivity contribution in [3.8, 4) is 5.75 Å². The lowest BCUT2D eigenvalue weighted by molar-refractivity contribution is -0.135. The number of hydrogen-bond donors (Lipinski definition) is 1. The zero-order valence-electron chi connectivity index (χ0n) is 19.1. The summed E-state index contributed by atoms with van der Waals surface area (Å²) < 4.78 is 5.61. The molecule has 0 bridgehead atoms. The molecule has 2 aliphatic heterocycles. The Balaban J connectivity index is 1.21. The Labute approximate surface area is 204 Å². The Bertz CT molecular complexity index is 1130. The SMILES string of the molecule is O=C(N[C@@H](Cc1ccccc1)C(=O)N1CCN(Cc2ccc3c(c2)CCO3)CC1)c1cccs1. The van der Waals surface area contributed by atoms with Crippen LogP contribution in [0.1, 0.15) is 26.4 Å². The molecule has 1 N–H and O–H groups in total. The monoisotopic (exact) mass is 475 g/mol. The molecule has 5 rings (SSSR count). The quantitative estimate of drug-likeness (QED) is 0.569. The van der Waals surface area contributed by atoms with Crippen molar-refractivity contribution in [1.82, 2.24) is 15.1 Å². The van der Waals surface area contributed by atoms with E-state index < -0.39 is 6.04 Å². The third kappa shape index (κ3) is 5.32. The van der Waals surface area contributed by atoms with E-state index >= 15 is 0 Å². The number of hydrogen-bond acceptors (Lipinski definition) is 5. The maximum absolute atomic E-state index is 13.5. The van der Waals surface area contributed by atoms with E-state index in [1.807, 2.05) is 46.7 Å².